The van der Waals surface area contributed by atoms with Crippen molar-refractivity contribution in [2.75, 3.05) is 33.4 Å². The SMILES string of the molecule is Cc1cc(S(=O)(=O)N2C[C@@H]3COC[C@H](C2)N(C)C3=O)c(C)s1. The monoisotopic (exact) mass is 344 g/mol. The van der Waals surface area contributed by atoms with Crippen molar-refractivity contribution in [3.8, 4) is 0 Å². The van der Waals surface area contributed by atoms with E-state index in [2.05, 4.69) is 0 Å². The van der Waals surface area contributed by atoms with Crippen LogP contribution >= 0.6 is 11.3 Å². The van der Waals surface area contributed by atoms with Crippen LogP contribution in [0.4, 0.5) is 0 Å². The van der Waals surface area contributed by atoms with Crippen LogP contribution in [0.5, 0.6) is 0 Å². The Morgan fingerprint density at radius 1 is 1.27 bits per heavy atom. The van der Waals surface area contributed by atoms with Gasteiger partial charge >= 0.3 is 0 Å². The van der Waals surface area contributed by atoms with Crippen molar-refractivity contribution < 1.29 is 17.9 Å². The van der Waals surface area contributed by atoms with Gasteiger partial charge in [-0.15, -0.1) is 11.3 Å². The van der Waals surface area contributed by atoms with Crippen LogP contribution in [-0.2, 0) is 19.6 Å². The molecule has 2 fully saturated rings. The first kappa shape index (κ1) is 15.9. The first-order chi connectivity index (χ1) is 10.3. The molecule has 0 N–H and O–H groups in total. The zero-order valence-electron chi connectivity index (χ0n) is 12.9. The van der Waals surface area contributed by atoms with Crippen LogP contribution in [-0.4, -0.2) is 62.9 Å². The van der Waals surface area contributed by atoms with Gasteiger partial charge in [0.15, 0.2) is 0 Å². The predicted octanol–water partition coefficient (Wildman–Crippen LogP) is 0.843. The van der Waals surface area contributed by atoms with E-state index in [1.807, 2.05) is 13.8 Å². The highest BCUT2D eigenvalue weighted by Gasteiger charge is 2.41. The lowest BCUT2D eigenvalue weighted by molar-refractivity contribution is -0.133. The fourth-order valence-electron chi connectivity index (χ4n) is 3.06. The average Bonchev–Trinajstić information content (AvgIpc) is 2.64. The molecule has 2 saturated heterocycles. The zero-order valence-corrected chi connectivity index (χ0v) is 14.5. The van der Waals surface area contributed by atoms with Crippen LogP contribution in [0.25, 0.3) is 0 Å². The van der Waals surface area contributed by atoms with E-state index in [4.69, 9.17) is 4.74 Å². The third kappa shape index (κ3) is 2.58. The van der Waals surface area contributed by atoms with Gasteiger partial charge in [-0.3, -0.25) is 4.79 Å². The van der Waals surface area contributed by atoms with Crippen LogP contribution in [0.15, 0.2) is 11.0 Å². The van der Waals surface area contributed by atoms with E-state index in [9.17, 15) is 13.2 Å². The molecule has 0 aromatic carbocycles. The van der Waals surface area contributed by atoms with Crippen LogP contribution in [0, 0.1) is 19.8 Å². The highest BCUT2D eigenvalue weighted by molar-refractivity contribution is 7.89. The summed E-state index contributed by atoms with van der Waals surface area (Å²) in [6.45, 7) is 4.87. The van der Waals surface area contributed by atoms with E-state index in [-0.39, 0.29) is 31.6 Å². The quantitative estimate of drug-likeness (QED) is 0.797. The lowest BCUT2D eigenvalue weighted by Gasteiger charge is -2.28. The van der Waals surface area contributed by atoms with Crippen molar-refractivity contribution in [2.45, 2.75) is 24.8 Å². The van der Waals surface area contributed by atoms with Crippen LogP contribution < -0.4 is 0 Å². The summed E-state index contributed by atoms with van der Waals surface area (Å²) < 4.78 is 32.9. The molecule has 8 heteroatoms. The third-order valence-electron chi connectivity index (χ3n) is 4.33. The van der Waals surface area contributed by atoms with Gasteiger partial charge in [-0.1, -0.05) is 0 Å². The number of hydrogen-bond donors (Lipinski definition) is 0. The second-order valence-electron chi connectivity index (χ2n) is 5.94. The van der Waals surface area contributed by atoms with Gasteiger partial charge in [-0.25, -0.2) is 8.42 Å². The second-order valence-corrected chi connectivity index (χ2v) is 9.30. The molecule has 0 radical (unpaired) electrons. The standard InChI is InChI=1S/C14H20N2O4S2/c1-9-4-13(10(2)21-9)22(18,19)16-5-11-7-20-8-12(6-16)15(3)14(11)17/h4,11-12H,5-8H2,1-3H3/t11-,12+/m1/s1. The van der Waals surface area contributed by atoms with Crippen LogP contribution in [0.3, 0.4) is 0 Å². The van der Waals surface area contributed by atoms with E-state index < -0.39 is 15.9 Å². The second kappa shape index (κ2) is 5.59. The largest absolute Gasteiger partial charge is 0.378 e. The van der Waals surface area contributed by atoms with Crippen molar-refractivity contribution in [3.05, 3.63) is 15.8 Å². The molecule has 1 aromatic heterocycles. The number of fused-ring (bicyclic) bond motifs is 3. The molecule has 1 amide bonds. The number of nitrogens with zero attached hydrogens (tertiary/aromatic N) is 2. The molecular formula is C14H20N2O4S2. The highest BCUT2D eigenvalue weighted by atomic mass is 32.2. The number of sulfonamides is 1. The van der Waals surface area contributed by atoms with Gasteiger partial charge in [-0.05, 0) is 19.9 Å². The van der Waals surface area contributed by atoms with E-state index in [1.54, 1.807) is 18.0 Å². The zero-order chi connectivity index (χ0) is 16.1. The summed E-state index contributed by atoms with van der Waals surface area (Å²) in [7, 11) is -1.85. The predicted molar refractivity (Wildman–Crippen MR) is 83.4 cm³/mol. The van der Waals surface area contributed by atoms with Gasteiger partial charge in [0.2, 0.25) is 15.9 Å². The number of carbonyl (C=O) groups excluding carboxylic acids is 1. The number of likely N-dealkylation sites (N-methyl/N-ethyl adjacent to an activating group) is 1. The minimum atomic E-state index is -3.57. The molecule has 1 aromatic rings. The lowest BCUT2D eigenvalue weighted by atomic mass is 10.1. The van der Waals surface area contributed by atoms with Gasteiger partial charge in [0, 0.05) is 29.9 Å². The molecule has 0 saturated carbocycles. The Bertz CT molecular complexity index is 698. The molecule has 2 atom stereocenters. The highest BCUT2D eigenvalue weighted by Crippen LogP contribution is 2.30. The van der Waals surface area contributed by atoms with Gasteiger partial charge in [0.1, 0.15) is 0 Å². The number of aryl methyl sites for hydroxylation is 2. The summed E-state index contributed by atoms with van der Waals surface area (Å²) in [5, 5.41) is 0. The number of hydrogen-bond acceptors (Lipinski definition) is 5. The first-order valence-corrected chi connectivity index (χ1v) is 9.48. The molecule has 2 aliphatic heterocycles. The van der Waals surface area contributed by atoms with Crippen molar-refractivity contribution in [2.24, 2.45) is 5.92 Å². The average molecular weight is 344 g/mol. The van der Waals surface area contributed by atoms with Crippen molar-refractivity contribution >= 4 is 27.3 Å². The number of carbonyl (C=O) groups is 1. The molecule has 2 bridgehead atoms. The van der Waals surface area contributed by atoms with E-state index >= 15 is 0 Å². The molecule has 0 aliphatic carbocycles. The summed E-state index contributed by atoms with van der Waals surface area (Å²) in [5.41, 5.74) is 0. The van der Waals surface area contributed by atoms with Gasteiger partial charge in [0.05, 0.1) is 30.1 Å². The molecule has 0 unspecified atom stereocenters. The molecule has 3 rings (SSSR count). The fraction of sp³-hybridized carbons (Fsp3) is 0.643. The van der Waals surface area contributed by atoms with Gasteiger partial charge < -0.3 is 9.64 Å². The summed E-state index contributed by atoms with van der Waals surface area (Å²) in [6.07, 6.45) is 0. The summed E-state index contributed by atoms with van der Waals surface area (Å²) in [4.78, 5) is 16.1. The minimum absolute atomic E-state index is 0.0292. The Balaban J connectivity index is 1.98. The van der Waals surface area contributed by atoms with Crippen molar-refractivity contribution in [1.82, 2.24) is 9.21 Å². The molecule has 22 heavy (non-hydrogen) atoms. The smallest absolute Gasteiger partial charge is 0.244 e. The fourth-order valence-corrected chi connectivity index (χ4v) is 6.10. The maximum Gasteiger partial charge on any atom is 0.244 e. The molecular weight excluding hydrogens is 324 g/mol. The Morgan fingerprint density at radius 2 is 2.00 bits per heavy atom. The number of thiophene rings is 1. The van der Waals surface area contributed by atoms with Crippen molar-refractivity contribution in [3.63, 3.8) is 0 Å². The molecule has 0 spiro atoms. The van der Waals surface area contributed by atoms with E-state index in [0.717, 1.165) is 9.75 Å². The van der Waals surface area contributed by atoms with E-state index in [0.29, 0.717) is 11.5 Å². The number of rotatable bonds is 2. The molecule has 2 aliphatic rings. The minimum Gasteiger partial charge on any atom is -0.378 e. The number of amides is 1. The topological polar surface area (TPSA) is 66.9 Å². The van der Waals surface area contributed by atoms with Gasteiger partial charge in [0.25, 0.3) is 0 Å². The third-order valence-corrected chi connectivity index (χ3v) is 7.38. The van der Waals surface area contributed by atoms with Gasteiger partial charge in [-0.2, -0.15) is 4.31 Å². The normalized spacial score (nSPS) is 27.0. The summed E-state index contributed by atoms with van der Waals surface area (Å²) in [6, 6.07) is 1.49. The van der Waals surface area contributed by atoms with Crippen LogP contribution in [0.1, 0.15) is 9.75 Å². The maximum atomic E-state index is 13.0. The van der Waals surface area contributed by atoms with Crippen LogP contribution in [0.2, 0.25) is 0 Å². The first-order valence-electron chi connectivity index (χ1n) is 7.22. The molecule has 6 nitrogen and oxygen atoms in total. The van der Waals surface area contributed by atoms with Crippen molar-refractivity contribution in [1.29, 1.82) is 0 Å². The Hall–Kier alpha value is -0.960. The number of ether oxygens (including phenoxy) is 1. The Labute approximate surface area is 134 Å². The van der Waals surface area contributed by atoms with E-state index in [1.165, 1.54) is 15.6 Å². The molecule has 3 heterocycles. The summed E-state index contributed by atoms with van der Waals surface area (Å²) in [5.74, 6) is -0.453. The summed E-state index contributed by atoms with van der Waals surface area (Å²) >= 11 is 1.48. The Morgan fingerprint density at radius 3 is 2.64 bits per heavy atom. The molecule has 122 valence electrons. The maximum absolute atomic E-state index is 13.0. The Kier molecular flexibility index (Phi) is 4.05. The lowest BCUT2D eigenvalue weighted by Crippen LogP contribution is -2.45.